The SMILES string of the molecule is CCCC(=O)Nc1ccc(-c2ccc(C=O)o2)cc1OC. The van der Waals surface area contributed by atoms with Crippen molar-refractivity contribution >= 4 is 17.9 Å². The van der Waals surface area contributed by atoms with Gasteiger partial charge in [0.2, 0.25) is 5.91 Å². The van der Waals surface area contributed by atoms with E-state index >= 15 is 0 Å². The Kier molecular flexibility index (Phi) is 4.77. The number of nitrogens with one attached hydrogen (secondary N) is 1. The normalized spacial score (nSPS) is 10.2. The van der Waals surface area contributed by atoms with E-state index in [1.54, 1.807) is 30.3 Å². The van der Waals surface area contributed by atoms with Gasteiger partial charge in [-0.05, 0) is 36.8 Å². The summed E-state index contributed by atoms with van der Waals surface area (Å²) in [5.41, 5.74) is 1.38. The highest BCUT2D eigenvalue weighted by molar-refractivity contribution is 5.92. The second kappa shape index (κ2) is 6.74. The Morgan fingerprint density at radius 1 is 1.33 bits per heavy atom. The maximum atomic E-state index is 11.7. The van der Waals surface area contributed by atoms with Gasteiger partial charge < -0.3 is 14.5 Å². The molecule has 0 aliphatic carbocycles. The molecule has 2 rings (SSSR count). The second-order valence-electron chi connectivity index (χ2n) is 4.53. The van der Waals surface area contributed by atoms with Gasteiger partial charge in [-0.2, -0.15) is 0 Å². The number of hydrogen-bond donors (Lipinski definition) is 1. The molecule has 1 aromatic carbocycles. The van der Waals surface area contributed by atoms with Crippen molar-refractivity contribution in [1.29, 1.82) is 0 Å². The van der Waals surface area contributed by atoms with Gasteiger partial charge in [-0.25, -0.2) is 0 Å². The summed E-state index contributed by atoms with van der Waals surface area (Å²) in [7, 11) is 1.54. The van der Waals surface area contributed by atoms with Crippen LogP contribution >= 0.6 is 0 Å². The van der Waals surface area contributed by atoms with Crippen LogP contribution in [0.1, 0.15) is 30.3 Å². The van der Waals surface area contributed by atoms with E-state index in [1.165, 1.54) is 7.11 Å². The predicted octanol–water partition coefficient (Wildman–Crippen LogP) is 3.51. The van der Waals surface area contributed by atoms with Gasteiger partial charge in [0.25, 0.3) is 0 Å². The van der Waals surface area contributed by atoms with Gasteiger partial charge in [-0.1, -0.05) is 6.92 Å². The van der Waals surface area contributed by atoms with Crippen molar-refractivity contribution < 1.29 is 18.7 Å². The lowest BCUT2D eigenvalue weighted by molar-refractivity contribution is -0.116. The molecule has 1 amide bonds. The highest BCUT2D eigenvalue weighted by Gasteiger charge is 2.11. The zero-order chi connectivity index (χ0) is 15.2. The first-order valence-electron chi connectivity index (χ1n) is 6.71. The Morgan fingerprint density at radius 3 is 2.76 bits per heavy atom. The summed E-state index contributed by atoms with van der Waals surface area (Å²) in [6, 6.07) is 8.64. The Morgan fingerprint density at radius 2 is 2.14 bits per heavy atom. The topological polar surface area (TPSA) is 68.5 Å². The number of hydrogen-bond acceptors (Lipinski definition) is 4. The van der Waals surface area contributed by atoms with E-state index in [0.29, 0.717) is 29.9 Å². The van der Waals surface area contributed by atoms with Crippen LogP contribution in [0.15, 0.2) is 34.7 Å². The molecule has 5 nitrogen and oxygen atoms in total. The lowest BCUT2D eigenvalue weighted by Crippen LogP contribution is -2.11. The van der Waals surface area contributed by atoms with E-state index in [4.69, 9.17) is 9.15 Å². The minimum absolute atomic E-state index is 0.0511. The molecule has 1 aromatic heterocycles. The number of aldehydes is 1. The van der Waals surface area contributed by atoms with Gasteiger partial charge in [-0.15, -0.1) is 0 Å². The summed E-state index contributed by atoms with van der Waals surface area (Å²) in [6.45, 7) is 1.95. The van der Waals surface area contributed by atoms with Crippen molar-refractivity contribution in [3.05, 3.63) is 36.1 Å². The average molecular weight is 287 g/mol. The molecule has 0 radical (unpaired) electrons. The summed E-state index contributed by atoms with van der Waals surface area (Å²) in [4.78, 5) is 22.3. The van der Waals surface area contributed by atoms with Crippen LogP contribution in [0.4, 0.5) is 5.69 Å². The van der Waals surface area contributed by atoms with Gasteiger partial charge in [0.1, 0.15) is 11.5 Å². The molecule has 0 bridgehead atoms. The van der Waals surface area contributed by atoms with Crippen molar-refractivity contribution in [1.82, 2.24) is 0 Å². The van der Waals surface area contributed by atoms with Crippen LogP contribution in [0.25, 0.3) is 11.3 Å². The van der Waals surface area contributed by atoms with Gasteiger partial charge in [-0.3, -0.25) is 9.59 Å². The molecule has 0 saturated carbocycles. The third kappa shape index (κ3) is 3.51. The molecule has 0 aliphatic rings. The molecule has 2 aromatic rings. The fourth-order valence-corrected chi connectivity index (χ4v) is 1.96. The molecular formula is C16H17NO4. The smallest absolute Gasteiger partial charge is 0.224 e. The number of furan rings is 1. The Hall–Kier alpha value is -2.56. The molecule has 0 atom stereocenters. The summed E-state index contributed by atoms with van der Waals surface area (Å²) >= 11 is 0. The number of rotatable bonds is 6. The van der Waals surface area contributed by atoms with E-state index in [9.17, 15) is 9.59 Å². The van der Waals surface area contributed by atoms with Gasteiger partial charge in [0.05, 0.1) is 12.8 Å². The predicted molar refractivity (Wildman–Crippen MR) is 79.6 cm³/mol. The van der Waals surface area contributed by atoms with E-state index in [-0.39, 0.29) is 11.7 Å². The molecule has 21 heavy (non-hydrogen) atoms. The van der Waals surface area contributed by atoms with Crippen LogP contribution in [-0.2, 0) is 4.79 Å². The van der Waals surface area contributed by atoms with Crippen molar-refractivity contribution in [3.8, 4) is 17.1 Å². The van der Waals surface area contributed by atoms with E-state index in [2.05, 4.69) is 5.32 Å². The average Bonchev–Trinajstić information content (AvgIpc) is 2.97. The zero-order valence-corrected chi connectivity index (χ0v) is 12.0. The Bertz CT molecular complexity index is 645. The highest BCUT2D eigenvalue weighted by Crippen LogP contribution is 2.31. The highest BCUT2D eigenvalue weighted by atomic mass is 16.5. The maximum absolute atomic E-state index is 11.7. The van der Waals surface area contributed by atoms with E-state index < -0.39 is 0 Å². The lowest BCUT2D eigenvalue weighted by atomic mass is 10.1. The number of carbonyl (C=O) groups is 2. The van der Waals surface area contributed by atoms with Crippen molar-refractivity contribution in [2.75, 3.05) is 12.4 Å². The largest absolute Gasteiger partial charge is 0.495 e. The lowest BCUT2D eigenvalue weighted by Gasteiger charge is -2.11. The third-order valence-corrected chi connectivity index (χ3v) is 2.98. The van der Waals surface area contributed by atoms with Crippen LogP contribution in [-0.4, -0.2) is 19.3 Å². The first-order chi connectivity index (χ1) is 10.2. The first kappa shape index (κ1) is 14.8. The summed E-state index contributed by atoms with van der Waals surface area (Å²) in [5, 5.41) is 2.81. The maximum Gasteiger partial charge on any atom is 0.224 e. The van der Waals surface area contributed by atoms with Crippen LogP contribution in [0.2, 0.25) is 0 Å². The fraction of sp³-hybridized carbons (Fsp3) is 0.250. The molecule has 0 unspecified atom stereocenters. The van der Waals surface area contributed by atoms with Crippen LogP contribution < -0.4 is 10.1 Å². The van der Waals surface area contributed by atoms with Crippen molar-refractivity contribution in [2.24, 2.45) is 0 Å². The number of carbonyl (C=O) groups excluding carboxylic acids is 2. The summed E-state index contributed by atoms with van der Waals surface area (Å²) < 4.78 is 10.7. The number of ether oxygens (including phenoxy) is 1. The van der Waals surface area contributed by atoms with Crippen LogP contribution in [0, 0.1) is 0 Å². The Balaban J connectivity index is 2.27. The molecule has 0 fully saturated rings. The monoisotopic (exact) mass is 287 g/mol. The minimum atomic E-state index is -0.0511. The molecule has 1 heterocycles. The summed E-state index contributed by atoms with van der Waals surface area (Å²) in [5.74, 6) is 1.33. The first-order valence-corrected chi connectivity index (χ1v) is 6.71. The van der Waals surface area contributed by atoms with Crippen LogP contribution in [0.5, 0.6) is 5.75 Å². The number of anilines is 1. The molecule has 1 N–H and O–H groups in total. The molecule has 0 aliphatic heterocycles. The van der Waals surface area contributed by atoms with Crippen molar-refractivity contribution in [3.63, 3.8) is 0 Å². The standard InChI is InChI=1S/C16H17NO4/c1-3-4-16(19)17-13-7-5-11(9-15(13)20-2)14-8-6-12(10-18)21-14/h5-10H,3-4H2,1-2H3,(H,17,19). The summed E-state index contributed by atoms with van der Waals surface area (Å²) in [6.07, 6.45) is 1.90. The molecule has 0 saturated heterocycles. The van der Waals surface area contributed by atoms with Gasteiger partial charge in [0.15, 0.2) is 12.0 Å². The molecule has 110 valence electrons. The molecule has 5 heteroatoms. The van der Waals surface area contributed by atoms with Gasteiger partial charge >= 0.3 is 0 Å². The van der Waals surface area contributed by atoms with E-state index in [1.807, 2.05) is 6.92 Å². The molecular weight excluding hydrogens is 270 g/mol. The Labute approximate surface area is 122 Å². The zero-order valence-electron chi connectivity index (χ0n) is 12.0. The number of methoxy groups -OCH3 is 1. The minimum Gasteiger partial charge on any atom is -0.495 e. The second-order valence-corrected chi connectivity index (χ2v) is 4.53. The number of amides is 1. The van der Waals surface area contributed by atoms with Gasteiger partial charge in [0, 0.05) is 12.0 Å². The third-order valence-electron chi connectivity index (χ3n) is 2.98. The fourth-order valence-electron chi connectivity index (χ4n) is 1.96. The van der Waals surface area contributed by atoms with E-state index in [0.717, 1.165) is 12.0 Å². The van der Waals surface area contributed by atoms with Crippen LogP contribution in [0.3, 0.4) is 0 Å². The number of benzene rings is 1. The van der Waals surface area contributed by atoms with Crippen molar-refractivity contribution in [2.45, 2.75) is 19.8 Å². The molecule has 0 spiro atoms. The quantitative estimate of drug-likeness (QED) is 0.825.